The fourth-order valence-corrected chi connectivity index (χ4v) is 3.10. The molecule has 0 spiro atoms. The molecule has 0 bridgehead atoms. The van der Waals surface area contributed by atoms with Gasteiger partial charge in [-0.05, 0) is 49.1 Å². The fourth-order valence-electron chi connectivity index (χ4n) is 3.10. The van der Waals surface area contributed by atoms with Crippen molar-refractivity contribution in [1.29, 1.82) is 0 Å². The van der Waals surface area contributed by atoms with Gasteiger partial charge in [-0.3, -0.25) is 9.59 Å². The number of hydrogen-bond donors (Lipinski definition) is 2. The fraction of sp³-hybridized carbons (Fsp3) is 0.333. The van der Waals surface area contributed by atoms with Crippen LogP contribution in [0, 0.1) is 0 Å². The molecule has 0 atom stereocenters. The Morgan fingerprint density at radius 3 is 2.27 bits per heavy atom. The summed E-state index contributed by atoms with van der Waals surface area (Å²) in [5, 5.41) is 5.97. The summed E-state index contributed by atoms with van der Waals surface area (Å²) in [4.78, 5) is 26.4. The molecule has 2 amide bonds. The van der Waals surface area contributed by atoms with Crippen LogP contribution in [0.25, 0.3) is 0 Å². The lowest BCUT2D eigenvalue weighted by atomic mass is 10.1. The highest BCUT2D eigenvalue weighted by molar-refractivity contribution is 5.96. The molecule has 0 aromatic heterocycles. The zero-order valence-corrected chi connectivity index (χ0v) is 14.9. The van der Waals surface area contributed by atoms with Crippen LogP contribution in [-0.4, -0.2) is 36.3 Å². The Balaban J connectivity index is 1.46. The summed E-state index contributed by atoms with van der Waals surface area (Å²) in [6.45, 7) is 2.57. The third-order valence-electron chi connectivity index (χ3n) is 4.52. The summed E-state index contributed by atoms with van der Waals surface area (Å²) in [5.74, 6) is -0.0249. The molecule has 0 saturated carbocycles. The molecule has 1 fully saturated rings. The summed E-state index contributed by atoms with van der Waals surface area (Å²) in [5.41, 5.74) is 2.51. The summed E-state index contributed by atoms with van der Waals surface area (Å²) in [6, 6.07) is 17.1. The monoisotopic (exact) mass is 351 g/mol. The van der Waals surface area contributed by atoms with E-state index in [1.807, 2.05) is 35.2 Å². The lowest BCUT2D eigenvalue weighted by molar-refractivity contribution is -0.115. The molecule has 0 radical (unpaired) electrons. The van der Waals surface area contributed by atoms with Crippen molar-refractivity contribution in [1.82, 2.24) is 10.2 Å². The van der Waals surface area contributed by atoms with Crippen molar-refractivity contribution in [2.45, 2.75) is 25.8 Å². The van der Waals surface area contributed by atoms with E-state index in [-0.39, 0.29) is 18.4 Å². The van der Waals surface area contributed by atoms with E-state index in [0.717, 1.165) is 31.5 Å². The van der Waals surface area contributed by atoms with Crippen LogP contribution < -0.4 is 10.6 Å². The number of rotatable bonds is 6. The molecule has 26 heavy (non-hydrogen) atoms. The van der Waals surface area contributed by atoms with Crippen molar-refractivity contribution in [2.75, 3.05) is 25.0 Å². The number of hydrogen-bond acceptors (Lipinski definition) is 3. The molecule has 5 nitrogen and oxygen atoms in total. The number of carbonyl (C=O) groups is 2. The Hall–Kier alpha value is -2.66. The summed E-state index contributed by atoms with van der Waals surface area (Å²) in [6.07, 6.45) is 3.36. The molecular weight excluding hydrogens is 326 g/mol. The molecule has 2 aromatic rings. The Morgan fingerprint density at radius 2 is 1.58 bits per heavy atom. The highest BCUT2D eigenvalue weighted by atomic mass is 16.2. The van der Waals surface area contributed by atoms with Gasteiger partial charge in [0.25, 0.3) is 5.91 Å². The molecule has 0 unspecified atom stereocenters. The number of benzene rings is 2. The summed E-state index contributed by atoms with van der Waals surface area (Å²) >= 11 is 0. The van der Waals surface area contributed by atoms with Crippen molar-refractivity contribution >= 4 is 17.5 Å². The first-order valence-electron chi connectivity index (χ1n) is 9.16. The predicted octanol–water partition coefficient (Wildman–Crippen LogP) is 3.04. The van der Waals surface area contributed by atoms with Crippen LogP contribution in [0.3, 0.4) is 0 Å². The maximum atomic E-state index is 12.4. The third-order valence-corrected chi connectivity index (χ3v) is 4.52. The smallest absolute Gasteiger partial charge is 0.253 e. The van der Waals surface area contributed by atoms with Crippen LogP contribution in [0.2, 0.25) is 0 Å². The predicted molar refractivity (Wildman–Crippen MR) is 103 cm³/mol. The van der Waals surface area contributed by atoms with Crippen LogP contribution in [0.15, 0.2) is 54.6 Å². The van der Waals surface area contributed by atoms with Gasteiger partial charge in [-0.15, -0.1) is 0 Å². The molecular formula is C21H25N3O2. The van der Waals surface area contributed by atoms with Gasteiger partial charge >= 0.3 is 0 Å². The zero-order valence-electron chi connectivity index (χ0n) is 14.9. The average Bonchev–Trinajstić information content (AvgIpc) is 2.69. The Bertz CT molecular complexity index is 723. The van der Waals surface area contributed by atoms with Gasteiger partial charge < -0.3 is 15.5 Å². The molecule has 1 aliphatic heterocycles. The maximum absolute atomic E-state index is 12.4. The van der Waals surface area contributed by atoms with Crippen molar-refractivity contribution in [3.63, 3.8) is 0 Å². The summed E-state index contributed by atoms with van der Waals surface area (Å²) in [7, 11) is 0. The Morgan fingerprint density at radius 1 is 0.885 bits per heavy atom. The molecule has 136 valence electrons. The first-order valence-corrected chi connectivity index (χ1v) is 9.16. The van der Waals surface area contributed by atoms with Crippen molar-refractivity contribution in [3.05, 3.63) is 65.7 Å². The van der Waals surface area contributed by atoms with Gasteiger partial charge in [0.05, 0.1) is 6.54 Å². The van der Waals surface area contributed by atoms with Gasteiger partial charge in [-0.25, -0.2) is 0 Å². The topological polar surface area (TPSA) is 61.4 Å². The minimum Gasteiger partial charge on any atom is -0.339 e. The van der Waals surface area contributed by atoms with E-state index in [4.69, 9.17) is 0 Å². The third kappa shape index (κ3) is 5.17. The first kappa shape index (κ1) is 18.1. The molecule has 1 heterocycles. The van der Waals surface area contributed by atoms with Gasteiger partial charge in [0.2, 0.25) is 5.91 Å². The molecule has 1 aliphatic rings. The van der Waals surface area contributed by atoms with Gasteiger partial charge in [-0.1, -0.05) is 30.3 Å². The standard InChI is InChI=1S/C21H25N3O2/c25-20(16-22-15-17-7-3-1-4-8-17)23-19-11-9-18(10-12-19)21(26)24-13-5-2-6-14-24/h1,3-4,7-12,22H,2,5-6,13-16H2,(H,23,25). The van der Waals surface area contributed by atoms with Gasteiger partial charge in [0.1, 0.15) is 0 Å². The Kier molecular flexibility index (Phi) is 6.39. The van der Waals surface area contributed by atoms with E-state index in [1.165, 1.54) is 6.42 Å². The second kappa shape index (κ2) is 9.15. The van der Waals surface area contributed by atoms with Crippen LogP contribution >= 0.6 is 0 Å². The minimum absolute atomic E-state index is 0.0760. The van der Waals surface area contributed by atoms with Crippen molar-refractivity contribution in [2.24, 2.45) is 0 Å². The number of piperidine rings is 1. The largest absolute Gasteiger partial charge is 0.339 e. The van der Waals surface area contributed by atoms with Crippen molar-refractivity contribution in [3.8, 4) is 0 Å². The van der Waals surface area contributed by atoms with E-state index in [0.29, 0.717) is 17.8 Å². The number of anilines is 1. The second-order valence-electron chi connectivity index (χ2n) is 6.57. The van der Waals surface area contributed by atoms with E-state index >= 15 is 0 Å². The number of amides is 2. The number of carbonyl (C=O) groups excluding carboxylic acids is 2. The van der Waals surface area contributed by atoms with E-state index in [2.05, 4.69) is 10.6 Å². The quantitative estimate of drug-likeness (QED) is 0.841. The van der Waals surface area contributed by atoms with Crippen LogP contribution in [0.1, 0.15) is 35.2 Å². The van der Waals surface area contributed by atoms with Gasteiger partial charge in [0, 0.05) is 30.9 Å². The van der Waals surface area contributed by atoms with Crippen LogP contribution in [0.4, 0.5) is 5.69 Å². The SMILES string of the molecule is O=C(CNCc1ccccc1)Nc1ccc(C(=O)N2CCCCC2)cc1. The number of nitrogens with zero attached hydrogens (tertiary/aromatic N) is 1. The number of likely N-dealkylation sites (tertiary alicyclic amines) is 1. The molecule has 5 heteroatoms. The van der Waals surface area contributed by atoms with Gasteiger partial charge in [0.15, 0.2) is 0 Å². The highest BCUT2D eigenvalue weighted by Gasteiger charge is 2.17. The van der Waals surface area contributed by atoms with Gasteiger partial charge in [-0.2, -0.15) is 0 Å². The first-order chi connectivity index (χ1) is 12.7. The van der Waals surface area contributed by atoms with Crippen molar-refractivity contribution < 1.29 is 9.59 Å². The van der Waals surface area contributed by atoms with Crippen LogP contribution in [-0.2, 0) is 11.3 Å². The zero-order chi connectivity index (χ0) is 18.2. The molecule has 2 N–H and O–H groups in total. The molecule has 0 aliphatic carbocycles. The highest BCUT2D eigenvalue weighted by Crippen LogP contribution is 2.15. The molecule has 2 aromatic carbocycles. The minimum atomic E-state index is -0.101. The molecule has 1 saturated heterocycles. The lowest BCUT2D eigenvalue weighted by Crippen LogP contribution is -2.35. The van der Waals surface area contributed by atoms with E-state index in [1.54, 1.807) is 24.3 Å². The number of nitrogens with one attached hydrogen (secondary N) is 2. The summed E-state index contributed by atoms with van der Waals surface area (Å²) < 4.78 is 0. The Labute approximate surface area is 154 Å². The van der Waals surface area contributed by atoms with E-state index in [9.17, 15) is 9.59 Å². The lowest BCUT2D eigenvalue weighted by Gasteiger charge is -2.26. The normalized spacial score (nSPS) is 14.1. The second-order valence-corrected chi connectivity index (χ2v) is 6.57. The molecule has 3 rings (SSSR count). The maximum Gasteiger partial charge on any atom is 0.253 e. The van der Waals surface area contributed by atoms with E-state index < -0.39 is 0 Å². The average molecular weight is 351 g/mol. The van der Waals surface area contributed by atoms with Crippen LogP contribution in [0.5, 0.6) is 0 Å².